The van der Waals surface area contributed by atoms with E-state index in [-0.39, 0.29) is 18.1 Å². The summed E-state index contributed by atoms with van der Waals surface area (Å²) in [5.74, 6) is -0.206. The van der Waals surface area contributed by atoms with Gasteiger partial charge in [0.2, 0.25) is 10.0 Å². The molecule has 0 unspecified atom stereocenters. The molecule has 0 aliphatic heterocycles. The number of sulfonamides is 1. The fourth-order valence-corrected chi connectivity index (χ4v) is 3.15. The summed E-state index contributed by atoms with van der Waals surface area (Å²) in [5.41, 5.74) is 0.673. The molecule has 0 radical (unpaired) electrons. The minimum Gasteiger partial charge on any atom is -0.212 e. The summed E-state index contributed by atoms with van der Waals surface area (Å²) >= 11 is 0. The Hall–Kier alpha value is -0.940. The van der Waals surface area contributed by atoms with Crippen LogP contribution >= 0.6 is 0 Å². The van der Waals surface area contributed by atoms with Gasteiger partial charge in [0, 0.05) is 13.1 Å². The minimum atomic E-state index is -3.22. The highest BCUT2D eigenvalue weighted by Crippen LogP contribution is 2.11. The van der Waals surface area contributed by atoms with E-state index < -0.39 is 10.0 Å². The third-order valence-corrected chi connectivity index (χ3v) is 4.55. The Morgan fingerprint density at radius 2 is 2.00 bits per heavy atom. The topological polar surface area (TPSA) is 37.4 Å². The molecule has 0 atom stereocenters. The number of rotatable bonds is 6. The maximum absolute atomic E-state index is 13.0. The van der Waals surface area contributed by atoms with Crippen LogP contribution in [0, 0.1) is 5.82 Å². The van der Waals surface area contributed by atoms with Gasteiger partial charge < -0.3 is 0 Å². The summed E-state index contributed by atoms with van der Waals surface area (Å²) in [6.45, 7) is 4.25. The average molecular weight is 259 g/mol. The molecular formula is C12H18FNO2S. The van der Waals surface area contributed by atoms with E-state index in [1.165, 1.54) is 16.4 Å². The predicted octanol–water partition coefficient (Wildman–Crippen LogP) is 2.39. The van der Waals surface area contributed by atoms with Crippen LogP contribution in [0.2, 0.25) is 0 Å². The van der Waals surface area contributed by atoms with Crippen molar-refractivity contribution in [2.24, 2.45) is 0 Å². The Balaban J connectivity index is 2.84. The van der Waals surface area contributed by atoms with Gasteiger partial charge in [-0.3, -0.25) is 0 Å². The maximum Gasteiger partial charge on any atom is 0.214 e. The van der Waals surface area contributed by atoms with E-state index in [0.29, 0.717) is 18.5 Å². The standard InChI is InChI=1S/C12H18FNO2S/c1-3-8-17(15,16)14(4-2)10-11-6-5-7-12(13)9-11/h5-7,9H,3-4,8,10H2,1-2H3. The monoisotopic (exact) mass is 259 g/mol. The van der Waals surface area contributed by atoms with Crippen molar-refractivity contribution in [3.8, 4) is 0 Å². The second-order valence-electron chi connectivity index (χ2n) is 3.87. The van der Waals surface area contributed by atoms with E-state index in [9.17, 15) is 12.8 Å². The molecule has 0 spiro atoms. The molecule has 0 heterocycles. The molecule has 96 valence electrons. The van der Waals surface area contributed by atoms with Gasteiger partial charge in [-0.15, -0.1) is 0 Å². The minimum absolute atomic E-state index is 0.135. The summed E-state index contributed by atoms with van der Waals surface area (Å²) in [4.78, 5) is 0. The zero-order valence-electron chi connectivity index (χ0n) is 10.2. The van der Waals surface area contributed by atoms with Gasteiger partial charge in [0.1, 0.15) is 5.82 Å². The van der Waals surface area contributed by atoms with E-state index in [2.05, 4.69) is 0 Å². The van der Waals surface area contributed by atoms with Crippen molar-refractivity contribution < 1.29 is 12.8 Å². The fourth-order valence-electron chi connectivity index (χ4n) is 1.63. The quantitative estimate of drug-likeness (QED) is 0.786. The van der Waals surface area contributed by atoms with Gasteiger partial charge in [-0.25, -0.2) is 12.8 Å². The summed E-state index contributed by atoms with van der Waals surface area (Å²) in [6, 6.07) is 6.03. The van der Waals surface area contributed by atoms with Gasteiger partial charge >= 0.3 is 0 Å². The van der Waals surface area contributed by atoms with Crippen molar-refractivity contribution in [1.29, 1.82) is 0 Å². The predicted molar refractivity (Wildman–Crippen MR) is 66.6 cm³/mol. The first kappa shape index (κ1) is 14.1. The zero-order valence-corrected chi connectivity index (χ0v) is 11.0. The third-order valence-electron chi connectivity index (χ3n) is 2.46. The average Bonchev–Trinajstić information content (AvgIpc) is 2.25. The van der Waals surface area contributed by atoms with Crippen molar-refractivity contribution in [3.63, 3.8) is 0 Å². The van der Waals surface area contributed by atoms with E-state index >= 15 is 0 Å². The van der Waals surface area contributed by atoms with Crippen LogP contribution in [0.15, 0.2) is 24.3 Å². The zero-order chi connectivity index (χ0) is 12.9. The first-order valence-corrected chi connectivity index (χ1v) is 7.32. The SMILES string of the molecule is CCCS(=O)(=O)N(CC)Cc1cccc(F)c1. The van der Waals surface area contributed by atoms with Gasteiger partial charge in [-0.1, -0.05) is 26.0 Å². The molecule has 0 bridgehead atoms. The lowest BCUT2D eigenvalue weighted by Gasteiger charge is -2.20. The molecule has 0 fully saturated rings. The highest BCUT2D eigenvalue weighted by atomic mass is 32.2. The summed E-state index contributed by atoms with van der Waals surface area (Å²) < 4.78 is 38.1. The van der Waals surface area contributed by atoms with E-state index in [4.69, 9.17) is 0 Å². The first-order valence-electron chi connectivity index (χ1n) is 5.72. The molecule has 0 aliphatic rings. The van der Waals surface area contributed by atoms with Crippen molar-refractivity contribution in [2.45, 2.75) is 26.8 Å². The smallest absolute Gasteiger partial charge is 0.212 e. The molecule has 1 aromatic carbocycles. The Morgan fingerprint density at radius 3 is 2.53 bits per heavy atom. The highest BCUT2D eigenvalue weighted by molar-refractivity contribution is 7.89. The lowest BCUT2D eigenvalue weighted by molar-refractivity contribution is 0.422. The van der Waals surface area contributed by atoms with Crippen LogP contribution in [0.5, 0.6) is 0 Å². The van der Waals surface area contributed by atoms with Crippen LogP contribution in [0.1, 0.15) is 25.8 Å². The Morgan fingerprint density at radius 1 is 1.29 bits per heavy atom. The largest absolute Gasteiger partial charge is 0.214 e. The number of hydrogen-bond acceptors (Lipinski definition) is 2. The van der Waals surface area contributed by atoms with Crippen LogP contribution < -0.4 is 0 Å². The molecule has 0 saturated heterocycles. The number of halogens is 1. The number of benzene rings is 1. The van der Waals surface area contributed by atoms with E-state index in [1.807, 2.05) is 6.92 Å². The summed E-state index contributed by atoms with van der Waals surface area (Å²) in [6.07, 6.45) is 0.585. The maximum atomic E-state index is 13.0. The first-order chi connectivity index (χ1) is 7.99. The van der Waals surface area contributed by atoms with Gasteiger partial charge in [0.25, 0.3) is 0 Å². The van der Waals surface area contributed by atoms with Crippen molar-refractivity contribution >= 4 is 10.0 Å². The van der Waals surface area contributed by atoms with Crippen LogP contribution in [-0.4, -0.2) is 25.0 Å². The van der Waals surface area contributed by atoms with Crippen molar-refractivity contribution in [3.05, 3.63) is 35.6 Å². The van der Waals surface area contributed by atoms with Crippen LogP contribution in [-0.2, 0) is 16.6 Å². The molecule has 0 amide bonds. The van der Waals surface area contributed by atoms with Crippen molar-refractivity contribution in [1.82, 2.24) is 4.31 Å². The molecule has 0 aliphatic carbocycles. The molecule has 5 heteroatoms. The lowest BCUT2D eigenvalue weighted by atomic mass is 10.2. The Kier molecular flexibility index (Phi) is 5.08. The molecule has 3 nitrogen and oxygen atoms in total. The second kappa shape index (κ2) is 6.12. The van der Waals surface area contributed by atoms with Gasteiger partial charge in [0.15, 0.2) is 0 Å². The fraction of sp³-hybridized carbons (Fsp3) is 0.500. The Labute approximate surface area is 102 Å². The van der Waals surface area contributed by atoms with E-state index in [1.54, 1.807) is 19.1 Å². The number of nitrogens with zero attached hydrogens (tertiary/aromatic N) is 1. The second-order valence-corrected chi connectivity index (χ2v) is 5.96. The molecule has 0 saturated carbocycles. The third kappa shape index (κ3) is 4.09. The summed E-state index contributed by atoms with van der Waals surface area (Å²) in [7, 11) is -3.22. The van der Waals surface area contributed by atoms with Gasteiger partial charge in [0.05, 0.1) is 5.75 Å². The van der Waals surface area contributed by atoms with Crippen LogP contribution in [0.4, 0.5) is 4.39 Å². The summed E-state index contributed by atoms with van der Waals surface area (Å²) in [5, 5.41) is 0. The Bertz CT molecular complexity index is 459. The van der Waals surface area contributed by atoms with Crippen LogP contribution in [0.3, 0.4) is 0 Å². The van der Waals surface area contributed by atoms with Gasteiger partial charge in [-0.05, 0) is 24.1 Å². The van der Waals surface area contributed by atoms with E-state index in [0.717, 1.165) is 0 Å². The molecule has 1 rings (SSSR count). The number of hydrogen-bond donors (Lipinski definition) is 0. The normalized spacial score (nSPS) is 12.0. The highest BCUT2D eigenvalue weighted by Gasteiger charge is 2.19. The van der Waals surface area contributed by atoms with Crippen molar-refractivity contribution in [2.75, 3.05) is 12.3 Å². The molecular weight excluding hydrogens is 241 g/mol. The molecule has 1 aromatic rings. The van der Waals surface area contributed by atoms with Gasteiger partial charge in [-0.2, -0.15) is 4.31 Å². The van der Waals surface area contributed by atoms with Crippen LogP contribution in [0.25, 0.3) is 0 Å². The molecule has 0 N–H and O–H groups in total. The molecule has 0 aromatic heterocycles. The lowest BCUT2D eigenvalue weighted by Crippen LogP contribution is -2.32. The molecule has 17 heavy (non-hydrogen) atoms.